The summed E-state index contributed by atoms with van der Waals surface area (Å²) < 4.78 is 63.3. The minimum atomic E-state index is -1.23. The van der Waals surface area contributed by atoms with Gasteiger partial charge in [-0.05, 0) is 32.1 Å². The van der Waals surface area contributed by atoms with Crippen LogP contribution in [0.1, 0.15) is 38.1 Å². The number of aromatic nitrogens is 4. The average Bonchev–Trinajstić information content (AvgIpc) is 3.20. The zero-order chi connectivity index (χ0) is 25.4. The molecule has 0 radical (unpaired) electrons. The summed E-state index contributed by atoms with van der Waals surface area (Å²) in [5.74, 6) is -3.66. The first kappa shape index (κ1) is 24.2. The molecule has 1 aromatic carbocycles. The first-order chi connectivity index (χ1) is 17.3. The maximum Gasteiger partial charge on any atom is 0.225 e. The summed E-state index contributed by atoms with van der Waals surface area (Å²) in [4.78, 5) is 24.8. The Kier molecular flexibility index (Phi) is 6.65. The molecule has 5 rings (SSSR count). The van der Waals surface area contributed by atoms with Crippen LogP contribution in [0.25, 0.3) is 11.2 Å². The van der Waals surface area contributed by atoms with Gasteiger partial charge in [0.15, 0.2) is 17.3 Å². The first-order valence-electron chi connectivity index (χ1n) is 11.7. The van der Waals surface area contributed by atoms with Crippen LogP contribution in [0.4, 0.5) is 35.1 Å². The number of rotatable bonds is 6. The number of nitrogens with one attached hydrogen (secondary N) is 2. The summed E-state index contributed by atoms with van der Waals surface area (Å²) in [6.45, 7) is 0.383. The molecule has 9 nitrogen and oxygen atoms in total. The van der Waals surface area contributed by atoms with E-state index in [1.54, 1.807) is 4.57 Å². The Morgan fingerprint density at radius 2 is 1.81 bits per heavy atom. The predicted octanol–water partition coefficient (Wildman–Crippen LogP) is 3.74. The summed E-state index contributed by atoms with van der Waals surface area (Å²) >= 11 is 0. The lowest BCUT2D eigenvalue weighted by Crippen LogP contribution is -2.39. The van der Waals surface area contributed by atoms with E-state index >= 15 is 0 Å². The van der Waals surface area contributed by atoms with Crippen LogP contribution in [0.15, 0.2) is 18.3 Å². The van der Waals surface area contributed by atoms with Crippen molar-refractivity contribution >= 4 is 34.7 Å². The summed E-state index contributed by atoms with van der Waals surface area (Å²) in [7, 11) is 0. The number of imidazole rings is 1. The summed E-state index contributed by atoms with van der Waals surface area (Å²) in [6.07, 6.45) is 2.79. The third-order valence-electron chi connectivity index (χ3n) is 6.74. The molecule has 0 spiro atoms. The number of fused-ring (bicyclic) bond motifs is 1. The molecule has 2 fully saturated rings. The van der Waals surface area contributed by atoms with Crippen molar-refractivity contribution in [1.82, 2.24) is 19.5 Å². The van der Waals surface area contributed by atoms with Gasteiger partial charge in [-0.3, -0.25) is 9.36 Å². The molecule has 1 saturated heterocycles. The first-order valence-corrected chi connectivity index (χ1v) is 11.7. The second kappa shape index (κ2) is 9.88. The molecular formula is C23H25F4N7O2. The van der Waals surface area contributed by atoms with E-state index in [1.165, 1.54) is 6.20 Å². The van der Waals surface area contributed by atoms with Crippen LogP contribution in [-0.4, -0.2) is 50.9 Å². The third-order valence-corrected chi connectivity index (χ3v) is 6.74. The van der Waals surface area contributed by atoms with Crippen LogP contribution in [0.3, 0.4) is 0 Å². The number of nitrogens with zero attached hydrogens (tertiary/aromatic N) is 4. The highest BCUT2D eigenvalue weighted by atomic mass is 19.1. The number of anilines is 3. The standard InChI is InChI=1S/C23H25F4N7O2/c24-12-7-14(25)19(15(26)8-12)32-23-31-18-9-29-22(30-17-5-6-36-10-16(17)27)33-21(18)34(23)13-3-1-11(2-4-13)20(28)35/h7-9,11,13,16-17H,1-6,10H2,(H2,28,35)(H,31,32)(H,29,30,33)/t11-,13+,16-,17-/m0/s1. The molecule has 192 valence electrons. The molecule has 13 heteroatoms. The van der Waals surface area contributed by atoms with Gasteiger partial charge in [-0.1, -0.05) is 0 Å². The largest absolute Gasteiger partial charge is 0.378 e. The van der Waals surface area contributed by atoms with Crippen molar-refractivity contribution in [2.24, 2.45) is 11.7 Å². The van der Waals surface area contributed by atoms with E-state index in [0.29, 0.717) is 62.0 Å². The van der Waals surface area contributed by atoms with Crippen LogP contribution in [-0.2, 0) is 9.53 Å². The van der Waals surface area contributed by atoms with Gasteiger partial charge in [0.2, 0.25) is 17.8 Å². The number of carbonyl (C=O) groups excluding carboxylic acids is 1. The molecule has 3 heterocycles. The van der Waals surface area contributed by atoms with Crippen molar-refractivity contribution in [2.75, 3.05) is 23.8 Å². The predicted molar refractivity (Wildman–Crippen MR) is 123 cm³/mol. The zero-order valence-electron chi connectivity index (χ0n) is 19.2. The molecule has 2 aliphatic rings. The number of hydrogen-bond donors (Lipinski definition) is 3. The van der Waals surface area contributed by atoms with Crippen molar-refractivity contribution in [3.05, 3.63) is 35.8 Å². The van der Waals surface area contributed by atoms with Crippen LogP contribution in [0, 0.1) is 23.4 Å². The maximum absolute atomic E-state index is 14.4. The molecule has 1 amide bonds. The van der Waals surface area contributed by atoms with E-state index in [1.807, 2.05) is 0 Å². The Hall–Kier alpha value is -3.48. The number of primary amides is 1. The molecule has 36 heavy (non-hydrogen) atoms. The zero-order valence-corrected chi connectivity index (χ0v) is 19.2. The monoisotopic (exact) mass is 507 g/mol. The highest BCUT2D eigenvalue weighted by Crippen LogP contribution is 2.37. The van der Waals surface area contributed by atoms with Gasteiger partial charge in [-0.15, -0.1) is 0 Å². The van der Waals surface area contributed by atoms with Crippen LogP contribution >= 0.6 is 0 Å². The lowest BCUT2D eigenvalue weighted by atomic mass is 9.85. The lowest BCUT2D eigenvalue weighted by Gasteiger charge is -2.29. The molecule has 1 aliphatic carbocycles. The minimum Gasteiger partial charge on any atom is -0.378 e. The normalized spacial score (nSPS) is 24.6. The molecular weight excluding hydrogens is 482 g/mol. The maximum atomic E-state index is 14.4. The number of halogens is 4. The minimum absolute atomic E-state index is 0.0240. The topological polar surface area (TPSA) is 120 Å². The molecule has 0 bridgehead atoms. The average molecular weight is 507 g/mol. The van der Waals surface area contributed by atoms with Gasteiger partial charge in [0.05, 0.1) is 18.8 Å². The molecule has 2 atom stereocenters. The lowest BCUT2D eigenvalue weighted by molar-refractivity contribution is -0.122. The van der Waals surface area contributed by atoms with Gasteiger partial charge in [0.1, 0.15) is 23.2 Å². The van der Waals surface area contributed by atoms with E-state index in [4.69, 9.17) is 10.5 Å². The Morgan fingerprint density at radius 1 is 1.08 bits per heavy atom. The molecule has 4 N–H and O–H groups in total. The fourth-order valence-electron chi connectivity index (χ4n) is 4.82. The second-order valence-electron chi connectivity index (χ2n) is 9.12. The van der Waals surface area contributed by atoms with Gasteiger partial charge < -0.3 is 21.1 Å². The fourth-order valence-corrected chi connectivity index (χ4v) is 4.82. The van der Waals surface area contributed by atoms with E-state index in [2.05, 4.69) is 25.6 Å². The molecule has 1 aliphatic heterocycles. The van der Waals surface area contributed by atoms with Crippen LogP contribution in [0.5, 0.6) is 0 Å². The summed E-state index contributed by atoms with van der Waals surface area (Å²) in [5.41, 5.74) is 5.61. The number of nitrogens with two attached hydrogens (primary N) is 1. The van der Waals surface area contributed by atoms with Crippen molar-refractivity contribution in [1.29, 1.82) is 0 Å². The number of hydrogen-bond acceptors (Lipinski definition) is 7. The van der Waals surface area contributed by atoms with E-state index in [9.17, 15) is 22.4 Å². The SMILES string of the molecule is NC(=O)[C@H]1CC[C@@H](n2c(Nc3c(F)cc(F)cc3F)nc3cnc(N[C@H]4CCOC[C@@H]4F)nc32)CC1. The quantitative estimate of drug-likeness (QED) is 0.435. The van der Waals surface area contributed by atoms with Gasteiger partial charge in [0, 0.05) is 30.7 Å². The number of carbonyl (C=O) groups is 1. The fraction of sp³-hybridized carbons (Fsp3) is 0.478. The highest BCUT2D eigenvalue weighted by Gasteiger charge is 2.30. The molecule has 2 aromatic heterocycles. The summed E-state index contributed by atoms with van der Waals surface area (Å²) in [5, 5.41) is 5.64. The van der Waals surface area contributed by atoms with Crippen molar-refractivity contribution in [3.63, 3.8) is 0 Å². The van der Waals surface area contributed by atoms with Gasteiger partial charge in [-0.25, -0.2) is 27.5 Å². The van der Waals surface area contributed by atoms with E-state index in [-0.39, 0.29) is 36.4 Å². The molecule has 0 unspecified atom stereocenters. The van der Waals surface area contributed by atoms with Crippen molar-refractivity contribution in [2.45, 2.75) is 50.4 Å². The van der Waals surface area contributed by atoms with Crippen LogP contribution < -0.4 is 16.4 Å². The Bertz CT molecular complexity index is 1260. The number of benzene rings is 1. The Labute approximate surface area is 203 Å². The van der Waals surface area contributed by atoms with Crippen molar-refractivity contribution < 1.29 is 27.1 Å². The number of ether oxygens (including phenoxy) is 1. The Morgan fingerprint density at radius 3 is 2.47 bits per heavy atom. The van der Waals surface area contributed by atoms with Gasteiger partial charge in [0.25, 0.3) is 0 Å². The second-order valence-corrected chi connectivity index (χ2v) is 9.12. The number of amides is 1. The molecule has 3 aromatic rings. The summed E-state index contributed by atoms with van der Waals surface area (Å²) in [6, 6.07) is 0.386. The van der Waals surface area contributed by atoms with Gasteiger partial charge in [-0.2, -0.15) is 4.98 Å². The smallest absolute Gasteiger partial charge is 0.225 e. The number of alkyl halides is 1. The van der Waals surface area contributed by atoms with E-state index in [0.717, 1.165) is 0 Å². The molecule has 1 saturated carbocycles. The van der Waals surface area contributed by atoms with Gasteiger partial charge >= 0.3 is 0 Å². The highest BCUT2D eigenvalue weighted by molar-refractivity contribution is 5.78. The Balaban J connectivity index is 1.53. The van der Waals surface area contributed by atoms with Crippen LogP contribution in [0.2, 0.25) is 0 Å². The van der Waals surface area contributed by atoms with E-state index < -0.39 is 35.4 Å². The van der Waals surface area contributed by atoms with Crippen molar-refractivity contribution in [3.8, 4) is 0 Å². The third kappa shape index (κ3) is 4.79.